The fourth-order valence-corrected chi connectivity index (χ4v) is 3.77. The lowest BCUT2D eigenvalue weighted by molar-refractivity contribution is -0.135. The highest BCUT2D eigenvalue weighted by Crippen LogP contribution is 2.30. The van der Waals surface area contributed by atoms with Gasteiger partial charge in [0.15, 0.2) is 0 Å². The molecule has 1 aliphatic rings. The number of imide groups is 1. The van der Waals surface area contributed by atoms with Crippen LogP contribution >= 0.6 is 0 Å². The summed E-state index contributed by atoms with van der Waals surface area (Å²) >= 11 is 0. The van der Waals surface area contributed by atoms with Gasteiger partial charge in [0.2, 0.25) is 5.91 Å². The van der Waals surface area contributed by atoms with Gasteiger partial charge < -0.3 is 10.6 Å². The highest BCUT2D eigenvalue weighted by atomic mass is 16.2. The first kappa shape index (κ1) is 20.8. The van der Waals surface area contributed by atoms with Crippen LogP contribution in [0.4, 0.5) is 4.79 Å². The summed E-state index contributed by atoms with van der Waals surface area (Å²) in [5, 5.41) is 7.71. The van der Waals surface area contributed by atoms with E-state index in [-0.39, 0.29) is 18.5 Å². The molecule has 1 saturated heterocycles. The Balaban J connectivity index is 1.70. The normalized spacial score (nSPS) is 20.0. The molecule has 0 aliphatic carbocycles. The van der Waals surface area contributed by atoms with Gasteiger partial charge in [0, 0.05) is 6.04 Å². The number of nitrogens with zero attached hydrogens (tertiary/aromatic N) is 1. The smallest absolute Gasteiger partial charge is 0.325 e. The van der Waals surface area contributed by atoms with E-state index in [1.807, 2.05) is 49.4 Å². The molecule has 1 heterocycles. The van der Waals surface area contributed by atoms with Crippen LogP contribution in [0.3, 0.4) is 0 Å². The van der Waals surface area contributed by atoms with Crippen molar-refractivity contribution in [2.45, 2.75) is 58.0 Å². The SMILES string of the molecule is CCCCC[C@@H](C)NC(=O)CN1C(=O)N[C@](C)(c2ccc3ccccc3c2)C1=O. The molecule has 6 heteroatoms. The minimum absolute atomic E-state index is 0.0155. The number of amides is 4. The van der Waals surface area contributed by atoms with Gasteiger partial charge in [-0.05, 0) is 42.7 Å². The number of hydrogen-bond acceptors (Lipinski definition) is 3. The molecule has 2 atom stereocenters. The van der Waals surface area contributed by atoms with Gasteiger partial charge in [-0.2, -0.15) is 0 Å². The quantitative estimate of drug-likeness (QED) is 0.528. The summed E-state index contributed by atoms with van der Waals surface area (Å²) < 4.78 is 0. The van der Waals surface area contributed by atoms with Crippen LogP contribution in [0.25, 0.3) is 10.8 Å². The predicted molar refractivity (Wildman–Crippen MR) is 113 cm³/mol. The third-order valence-corrected chi connectivity index (χ3v) is 5.55. The maximum absolute atomic E-state index is 13.1. The summed E-state index contributed by atoms with van der Waals surface area (Å²) in [6.07, 6.45) is 4.17. The van der Waals surface area contributed by atoms with Gasteiger partial charge in [0.1, 0.15) is 12.1 Å². The molecule has 2 N–H and O–H groups in total. The molecule has 0 bridgehead atoms. The average molecular weight is 396 g/mol. The molecule has 1 fully saturated rings. The number of carbonyl (C=O) groups is 3. The molecule has 0 radical (unpaired) electrons. The topological polar surface area (TPSA) is 78.5 Å². The number of urea groups is 1. The van der Waals surface area contributed by atoms with E-state index < -0.39 is 17.5 Å². The van der Waals surface area contributed by atoms with Crippen LogP contribution in [0, 0.1) is 0 Å². The summed E-state index contributed by atoms with van der Waals surface area (Å²) in [6, 6.07) is 13.0. The monoisotopic (exact) mass is 395 g/mol. The van der Waals surface area contributed by atoms with Crippen LogP contribution in [-0.4, -0.2) is 35.3 Å². The summed E-state index contributed by atoms with van der Waals surface area (Å²) in [4.78, 5) is 38.9. The van der Waals surface area contributed by atoms with Crippen molar-refractivity contribution in [1.29, 1.82) is 0 Å². The molecule has 2 aromatic carbocycles. The Kier molecular flexibility index (Phi) is 6.20. The molecule has 0 unspecified atom stereocenters. The van der Waals surface area contributed by atoms with E-state index in [9.17, 15) is 14.4 Å². The van der Waals surface area contributed by atoms with Gasteiger partial charge >= 0.3 is 6.03 Å². The van der Waals surface area contributed by atoms with Crippen molar-refractivity contribution in [2.75, 3.05) is 6.54 Å². The standard InChI is InChI=1S/C23H29N3O3/c1-4-5-6-9-16(2)24-20(27)15-26-21(28)23(3,25-22(26)29)19-13-12-17-10-7-8-11-18(17)14-19/h7-8,10-14,16H,4-6,9,15H2,1-3H3,(H,24,27)(H,25,29)/t16-,23-/m1/s1. The minimum atomic E-state index is -1.19. The zero-order chi connectivity index (χ0) is 21.0. The average Bonchev–Trinajstić information content (AvgIpc) is 2.91. The Hall–Kier alpha value is -2.89. The maximum Gasteiger partial charge on any atom is 0.325 e. The van der Waals surface area contributed by atoms with Gasteiger partial charge in [0.25, 0.3) is 5.91 Å². The van der Waals surface area contributed by atoms with E-state index in [4.69, 9.17) is 0 Å². The molecule has 0 spiro atoms. The van der Waals surface area contributed by atoms with Crippen molar-refractivity contribution < 1.29 is 14.4 Å². The lowest BCUT2D eigenvalue weighted by Crippen LogP contribution is -2.45. The van der Waals surface area contributed by atoms with Crippen LogP contribution < -0.4 is 10.6 Å². The van der Waals surface area contributed by atoms with Crippen LogP contribution in [0.1, 0.15) is 52.0 Å². The lowest BCUT2D eigenvalue weighted by Gasteiger charge is -2.23. The fourth-order valence-electron chi connectivity index (χ4n) is 3.77. The van der Waals surface area contributed by atoms with E-state index in [0.29, 0.717) is 5.56 Å². The number of nitrogens with one attached hydrogen (secondary N) is 2. The molecule has 29 heavy (non-hydrogen) atoms. The number of benzene rings is 2. The summed E-state index contributed by atoms with van der Waals surface area (Å²) in [7, 11) is 0. The second-order valence-corrected chi connectivity index (χ2v) is 7.97. The van der Waals surface area contributed by atoms with Crippen LogP contribution in [0.2, 0.25) is 0 Å². The van der Waals surface area contributed by atoms with Crippen molar-refractivity contribution in [3.05, 3.63) is 48.0 Å². The Bertz CT molecular complexity index is 926. The van der Waals surface area contributed by atoms with Gasteiger partial charge in [-0.25, -0.2) is 4.79 Å². The van der Waals surface area contributed by atoms with E-state index >= 15 is 0 Å². The Labute approximate surface area is 171 Å². The third-order valence-electron chi connectivity index (χ3n) is 5.55. The molecule has 1 aliphatic heterocycles. The lowest BCUT2D eigenvalue weighted by atomic mass is 9.90. The number of fused-ring (bicyclic) bond motifs is 1. The number of rotatable bonds is 8. The largest absolute Gasteiger partial charge is 0.352 e. The molecule has 0 aromatic heterocycles. The third kappa shape index (κ3) is 4.42. The van der Waals surface area contributed by atoms with Gasteiger partial charge in [0.05, 0.1) is 0 Å². The van der Waals surface area contributed by atoms with E-state index in [1.165, 1.54) is 0 Å². The Morgan fingerprint density at radius 3 is 2.59 bits per heavy atom. The summed E-state index contributed by atoms with van der Waals surface area (Å²) in [6.45, 7) is 5.49. The van der Waals surface area contributed by atoms with Crippen molar-refractivity contribution in [2.24, 2.45) is 0 Å². The van der Waals surface area contributed by atoms with E-state index in [0.717, 1.165) is 41.4 Å². The van der Waals surface area contributed by atoms with E-state index in [1.54, 1.807) is 6.92 Å². The van der Waals surface area contributed by atoms with Gasteiger partial charge in [-0.15, -0.1) is 0 Å². The molecule has 4 amide bonds. The second kappa shape index (κ2) is 8.64. The molecule has 6 nitrogen and oxygen atoms in total. The first-order valence-corrected chi connectivity index (χ1v) is 10.3. The first-order chi connectivity index (χ1) is 13.8. The van der Waals surface area contributed by atoms with Crippen LogP contribution in [-0.2, 0) is 15.1 Å². The first-order valence-electron chi connectivity index (χ1n) is 10.3. The number of hydrogen-bond donors (Lipinski definition) is 2. The maximum atomic E-state index is 13.1. The van der Waals surface area contributed by atoms with Crippen LogP contribution in [0.15, 0.2) is 42.5 Å². The zero-order valence-electron chi connectivity index (χ0n) is 17.3. The summed E-state index contributed by atoms with van der Waals surface area (Å²) in [5.41, 5.74) is -0.487. The molecule has 154 valence electrons. The molecule has 2 aromatic rings. The zero-order valence-corrected chi connectivity index (χ0v) is 17.3. The molecule has 0 saturated carbocycles. The van der Waals surface area contributed by atoms with Crippen molar-refractivity contribution >= 4 is 28.6 Å². The van der Waals surface area contributed by atoms with E-state index in [2.05, 4.69) is 17.6 Å². The second-order valence-electron chi connectivity index (χ2n) is 7.97. The number of unbranched alkanes of at least 4 members (excludes halogenated alkanes) is 2. The van der Waals surface area contributed by atoms with Crippen molar-refractivity contribution in [3.63, 3.8) is 0 Å². The highest BCUT2D eigenvalue weighted by molar-refractivity contribution is 6.09. The molecular weight excluding hydrogens is 366 g/mol. The summed E-state index contributed by atoms with van der Waals surface area (Å²) in [5.74, 6) is -0.730. The molecule has 3 rings (SSSR count). The van der Waals surface area contributed by atoms with Crippen molar-refractivity contribution in [1.82, 2.24) is 15.5 Å². The van der Waals surface area contributed by atoms with Gasteiger partial charge in [-0.3, -0.25) is 14.5 Å². The predicted octanol–water partition coefficient (Wildman–Crippen LogP) is 3.69. The Morgan fingerprint density at radius 1 is 1.14 bits per heavy atom. The van der Waals surface area contributed by atoms with Crippen LogP contribution in [0.5, 0.6) is 0 Å². The number of carbonyl (C=O) groups excluding carboxylic acids is 3. The fraction of sp³-hybridized carbons (Fsp3) is 0.435. The molecular formula is C23H29N3O3. The highest BCUT2D eigenvalue weighted by Gasteiger charge is 2.49. The van der Waals surface area contributed by atoms with Gasteiger partial charge in [-0.1, -0.05) is 62.6 Å². The minimum Gasteiger partial charge on any atom is -0.352 e. The Morgan fingerprint density at radius 2 is 1.86 bits per heavy atom. The van der Waals surface area contributed by atoms with Crippen molar-refractivity contribution in [3.8, 4) is 0 Å².